The summed E-state index contributed by atoms with van der Waals surface area (Å²) in [4.78, 5) is 15.4. The Kier molecular flexibility index (Phi) is 4.72. The van der Waals surface area contributed by atoms with Crippen LogP contribution in [-0.4, -0.2) is 29.1 Å². The van der Waals surface area contributed by atoms with Gasteiger partial charge in [-0.2, -0.15) is 0 Å². The van der Waals surface area contributed by atoms with Gasteiger partial charge in [0.2, 0.25) is 0 Å². The first kappa shape index (κ1) is 18.2. The van der Waals surface area contributed by atoms with E-state index in [4.69, 9.17) is 4.74 Å². The first-order valence-corrected chi connectivity index (χ1v) is 10.4. The lowest BCUT2D eigenvalue weighted by Crippen LogP contribution is -2.39. The fraction of sp³-hybridized carbons (Fsp3) is 0.320. The molecule has 0 amide bonds. The molecule has 148 valence electrons. The molecule has 5 rings (SSSR count). The van der Waals surface area contributed by atoms with E-state index in [0.29, 0.717) is 6.04 Å². The number of benzene rings is 2. The largest absolute Gasteiger partial charge is 0.465 e. The predicted octanol–water partition coefficient (Wildman–Crippen LogP) is 4.83. The quantitative estimate of drug-likeness (QED) is 0.602. The zero-order valence-corrected chi connectivity index (χ0v) is 16.8. The summed E-state index contributed by atoms with van der Waals surface area (Å²) in [7, 11) is 1.49. The first-order chi connectivity index (χ1) is 14.3. The third-order valence-electron chi connectivity index (χ3n) is 6.35. The number of rotatable bonds is 4. The molecule has 4 nitrogen and oxygen atoms in total. The summed E-state index contributed by atoms with van der Waals surface area (Å²) in [5.41, 5.74) is 6.78. The third kappa shape index (κ3) is 3.08. The van der Waals surface area contributed by atoms with E-state index in [1.165, 1.54) is 23.9 Å². The summed E-state index contributed by atoms with van der Waals surface area (Å²) >= 11 is 0. The molecule has 2 heterocycles. The van der Waals surface area contributed by atoms with Crippen LogP contribution in [0.3, 0.4) is 0 Å². The fourth-order valence-electron chi connectivity index (χ4n) is 5.13. The molecule has 1 aromatic heterocycles. The molecule has 1 atom stereocenters. The van der Waals surface area contributed by atoms with E-state index in [0.717, 1.165) is 55.7 Å². The van der Waals surface area contributed by atoms with E-state index in [2.05, 4.69) is 51.9 Å². The minimum atomic E-state index is -0.212. The Morgan fingerprint density at radius 2 is 1.76 bits per heavy atom. The average molecular weight is 386 g/mol. The number of carbonyl (C=O) groups is 1. The van der Waals surface area contributed by atoms with Gasteiger partial charge >= 0.3 is 5.97 Å². The maximum absolute atomic E-state index is 12.9. The van der Waals surface area contributed by atoms with Gasteiger partial charge in [0.05, 0.1) is 24.4 Å². The smallest absolute Gasteiger partial charge is 0.340 e. The van der Waals surface area contributed by atoms with Crippen LogP contribution in [0.25, 0.3) is 11.3 Å². The molecule has 0 saturated carbocycles. The van der Waals surface area contributed by atoms with Crippen LogP contribution in [0.1, 0.15) is 46.1 Å². The second kappa shape index (κ2) is 7.53. The van der Waals surface area contributed by atoms with Gasteiger partial charge in [0.1, 0.15) is 0 Å². The SMILES string of the molecule is COC(=O)c1c2c3n(c1-c1ccccc1)CCN(Cc1ccccc1)C3CCC2. The molecule has 2 aliphatic rings. The molecular weight excluding hydrogens is 360 g/mol. The van der Waals surface area contributed by atoms with Gasteiger partial charge in [-0.25, -0.2) is 4.79 Å². The Morgan fingerprint density at radius 1 is 1.03 bits per heavy atom. The average Bonchev–Trinajstić information content (AvgIpc) is 3.12. The summed E-state index contributed by atoms with van der Waals surface area (Å²) in [6.45, 7) is 2.83. The van der Waals surface area contributed by atoms with Crippen molar-refractivity contribution in [2.75, 3.05) is 13.7 Å². The molecule has 0 saturated heterocycles. The number of ether oxygens (including phenoxy) is 1. The molecule has 4 heteroatoms. The van der Waals surface area contributed by atoms with E-state index in [-0.39, 0.29) is 5.97 Å². The van der Waals surface area contributed by atoms with E-state index < -0.39 is 0 Å². The topological polar surface area (TPSA) is 34.5 Å². The normalized spacial score (nSPS) is 18.3. The molecule has 1 aliphatic carbocycles. The van der Waals surface area contributed by atoms with Gasteiger partial charge in [-0.15, -0.1) is 0 Å². The first-order valence-electron chi connectivity index (χ1n) is 10.4. The Balaban J connectivity index is 1.63. The van der Waals surface area contributed by atoms with Gasteiger partial charge in [-0.3, -0.25) is 4.90 Å². The lowest BCUT2D eigenvalue weighted by Gasteiger charge is -2.40. The number of esters is 1. The maximum Gasteiger partial charge on any atom is 0.340 e. The van der Waals surface area contributed by atoms with Crippen molar-refractivity contribution in [1.82, 2.24) is 9.47 Å². The third-order valence-corrected chi connectivity index (χ3v) is 6.35. The van der Waals surface area contributed by atoms with Crippen LogP contribution in [0.4, 0.5) is 0 Å². The monoisotopic (exact) mass is 386 g/mol. The highest BCUT2D eigenvalue weighted by Crippen LogP contribution is 2.45. The van der Waals surface area contributed by atoms with Crippen molar-refractivity contribution in [3.8, 4) is 11.3 Å². The minimum absolute atomic E-state index is 0.212. The summed E-state index contributed by atoms with van der Waals surface area (Å²) in [5.74, 6) is -0.212. The van der Waals surface area contributed by atoms with Gasteiger partial charge < -0.3 is 9.30 Å². The van der Waals surface area contributed by atoms with Crippen molar-refractivity contribution in [3.05, 3.63) is 83.0 Å². The molecule has 3 aromatic rings. The summed E-state index contributed by atoms with van der Waals surface area (Å²) in [6, 6.07) is 21.3. The van der Waals surface area contributed by atoms with Gasteiger partial charge in [-0.05, 0) is 36.0 Å². The fourth-order valence-corrected chi connectivity index (χ4v) is 5.13. The van der Waals surface area contributed by atoms with Gasteiger partial charge in [-0.1, -0.05) is 60.7 Å². The summed E-state index contributed by atoms with van der Waals surface area (Å²) in [5, 5.41) is 0. The second-order valence-electron chi connectivity index (χ2n) is 7.96. The summed E-state index contributed by atoms with van der Waals surface area (Å²) < 4.78 is 7.64. The van der Waals surface area contributed by atoms with Crippen LogP contribution in [-0.2, 0) is 24.2 Å². The van der Waals surface area contributed by atoms with E-state index in [1.54, 1.807) is 0 Å². The Morgan fingerprint density at radius 3 is 2.48 bits per heavy atom. The molecular formula is C25H26N2O2. The number of aromatic nitrogens is 1. The lowest BCUT2D eigenvalue weighted by molar-refractivity contribution is 0.0600. The molecule has 0 N–H and O–H groups in total. The Labute approximate surface area is 171 Å². The number of nitrogens with zero attached hydrogens (tertiary/aromatic N) is 2. The van der Waals surface area contributed by atoms with Crippen LogP contribution < -0.4 is 0 Å². The number of hydrogen-bond acceptors (Lipinski definition) is 3. The number of hydrogen-bond donors (Lipinski definition) is 0. The van der Waals surface area contributed by atoms with Gasteiger partial charge in [0.15, 0.2) is 0 Å². The van der Waals surface area contributed by atoms with Crippen molar-refractivity contribution in [2.24, 2.45) is 0 Å². The van der Waals surface area contributed by atoms with Crippen LogP contribution >= 0.6 is 0 Å². The zero-order valence-electron chi connectivity index (χ0n) is 16.8. The van der Waals surface area contributed by atoms with E-state index in [9.17, 15) is 4.79 Å². The second-order valence-corrected chi connectivity index (χ2v) is 7.96. The lowest BCUT2D eigenvalue weighted by atomic mass is 9.88. The number of carbonyl (C=O) groups excluding carboxylic acids is 1. The van der Waals surface area contributed by atoms with Crippen molar-refractivity contribution in [3.63, 3.8) is 0 Å². The standard InChI is InChI=1S/C25H26N2O2/c1-29-25(28)22-20-13-8-14-21-24(20)27(23(22)19-11-6-3-7-12-19)16-15-26(21)17-18-9-4-2-5-10-18/h2-7,9-12,21H,8,13-17H2,1H3. The van der Waals surface area contributed by atoms with Crippen molar-refractivity contribution in [2.45, 2.75) is 38.4 Å². The van der Waals surface area contributed by atoms with Gasteiger partial charge in [0, 0.05) is 25.3 Å². The molecule has 0 radical (unpaired) electrons. The van der Waals surface area contributed by atoms with Crippen LogP contribution in [0, 0.1) is 0 Å². The van der Waals surface area contributed by atoms with Crippen molar-refractivity contribution in [1.29, 1.82) is 0 Å². The summed E-state index contributed by atoms with van der Waals surface area (Å²) in [6.07, 6.45) is 3.19. The van der Waals surface area contributed by atoms with Crippen LogP contribution in [0.15, 0.2) is 60.7 Å². The predicted molar refractivity (Wildman–Crippen MR) is 114 cm³/mol. The molecule has 0 bridgehead atoms. The Bertz CT molecular complexity index is 1020. The highest BCUT2D eigenvalue weighted by atomic mass is 16.5. The molecule has 0 fully saturated rings. The maximum atomic E-state index is 12.9. The highest BCUT2D eigenvalue weighted by molar-refractivity contribution is 5.99. The van der Waals surface area contributed by atoms with Crippen molar-refractivity contribution >= 4 is 5.97 Å². The molecule has 1 unspecified atom stereocenters. The van der Waals surface area contributed by atoms with E-state index >= 15 is 0 Å². The number of methoxy groups -OCH3 is 1. The molecule has 0 spiro atoms. The Hall–Kier alpha value is -2.85. The molecule has 2 aromatic carbocycles. The van der Waals surface area contributed by atoms with Crippen molar-refractivity contribution < 1.29 is 9.53 Å². The van der Waals surface area contributed by atoms with Gasteiger partial charge in [0.25, 0.3) is 0 Å². The van der Waals surface area contributed by atoms with Crippen LogP contribution in [0.5, 0.6) is 0 Å². The zero-order chi connectivity index (χ0) is 19.8. The molecule has 1 aliphatic heterocycles. The minimum Gasteiger partial charge on any atom is -0.465 e. The molecule has 29 heavy (non-hydrogen) atoms. The highest BCUT2D eigenvalue weighted by Gasteiger charge is 2.38. The van der Waals surface area contributed by atoms with E-state index in [1.807, 2.05) is 18.2 Å². The van der Waals surface area contributed by atoms with Crippen LogP contribution in [0.2, 0.25) is 0 Å².